The molecule has 0 aliphatic carbocycles. The number of ether oxygens (including phenoxy) is 2. The number of hydrogen-bond acceptors (Lipinski definition) is 6. The van der Waals surface area contributed by atoms with E-state index in [1.165, 1.54) is 0 Å². The van der Waals surface area contributed by atoms with Crippen LogP contribution < -0.4 is 5.32 Å². The zero-order chi connectivity index (χ0) is 15.5. The highest BCUT2D eigenvalue weighted by Crippen LogP contribution is 2.26. The minimum Gasteiger partial charge on any atom is -0.462 e. The maximum Gasteiger partial charge on any atom is 0.341 e. The van der Waals surface area contributed by atoms with Crippen molar-refractivity contribution in [1.29, 1.82) is 0 Å². The number of pyridine rings is 1. The van der Waals surface area contributed by atoms with Gasteiger partial charge in [0, 0.05) is 31.4 Å². The predicted octanol–water partition coefficient (Wildman–Crippen LogP) is 1.53. The van der Waals surface area contributed by atoms with E-state index in [-0.39, 0.29) is 12.0 Å². The lowest BCUT2D eigenvalue weighted by atomic mass is 10.1. The van der Waals surface area contributed by atoms with Gasteiger partial charge < -0.3 is 14.8 Å². The number of esters is 1. The average Bonchev–Trinajstić information content (AvgIpc) is 2.89. The Labute approximate surface area is 130 Å². The summed E-state index contributed by atoms with van der Waals surface area (Å²) in [5.41, 5.74) is 0.499. The molecule has 120 valence electrons. The smallest absolute Gasteiger partial charge is 0.341 e. The van der Waals surface area contributed by atoms with E-state index in [4.69, 9.17) is 9.47 Å². The van der Waals surface area contributed by atoms with Gasteiger partial charge in [-0.1, -0.05) is 0 Å². The Balaban J connectivity index is 1.68. The van der Waals surface area contributed by atoms with Crippen LogP contribution in [0.25, 0.3) is 0 Å². The molecule has 2 aliphatic rings. The Morgan fingerprint density at radius 3 is 3.23 bits per heavy atom. The molecule has 2 saturated heterocycles. The van der Waals surface area contributed by atoms with Crippen molar-refractivity contribution in [3.05, 3.63) is 23.9 Å². The van der Waals surface area contributed by atoms with E-state index in [1.807, 2.05) is 0 Å². The summed E-state index contributed by atoms with van der Waals surface area (Å²) in [5, 5.41) is 3.41. The quantitative estimate of drug-likeness (QED) is 0.851. The summed E-state index contributed by atoms with van der Waals surface area (Å²) in [5.74, 6) is 0.283. The van der Waals surface area contributed by atoms with Gasteiger partial charge in [-0.25, -0.2) is 9.78 Å². The third-order valence-corrected chi connectivity index (χ3v) is 4.24. The maximum atomic E-state index is 12.0. The van der Waals surface area contributed by atoms with Crippen LogP contribution in [0.4, 0.5) is 5.82 Å². The number of nitrogens with zero attached hydrogens (tertiary/aromatic N) is 2. The van der Waals surface area contributed by atoms with Crippen LogP contribution in [0.3, 0.4) is 0 Å². The summed E-state index contributed by atoms with van der Waals surface area (Å²) < 4.78 is 10.8. The number of fused-ring (bicyclic) bond motifs is 1. The van der Waals surface area contributed by atoms with E-state index in [2.05, 4.69) is 22.1 Å². The molecule has 22 heavy (non-hydrogen) atoms. The summed E-state index contributed by atoms with van der Waals surface area (Å²) >= 11 is 0. The summed E-state index contributed by atoms with van der Waals surface area (Å²) in [7, 11) is 0. The van der Waals surface area contributed by atoms with E-state index < -0.39 is 0 Å². The first kappa shape index (κ1) is 15.2. The van der Waals surface area contributed by atoms with Crippen molar-refractivity contribution in [3.8, 4) is 0 Å². The van der Waals surface area contributed by atoms with Gasteiger partial charge in [0.25, 0.3) is 0 Å². The van der Waals surface area contributed by atoms with Crippen LogP contribution in [0.15, 0.2) is 18.3 Å². The third-order valence-electron chi connectivity index (χ3n) is 4.24. The number of rotatable bonds is 4. The molecule has 0 unspecified atom stereocenters. The predicted molar refractivity (Wildman–Crippen MR) is 83.0 cm³/mol. The van der Waals surface area contributed by atoms with Gasteiger partial charge in [0.05, 0.1) is 19.3 Å². The number of hydrogen-bond donors (Lipinski definition) is 1. The van der Waals surface area contributed by atoms with Crippen molar-refractivity contribution in [1.82, 2.24) is 9.88 Å². The molecule has 0 saturated carbocycles. The van der Waals surface area contributed by atoms with E-state index in [1.54, 1.807) is 25.3 Å². The lowest BCUT2D eigenvalue weighted by Gasteiger charge is -2.33. The van der Waals surface area contributed by atoms with Gasteiger partial charge in [0.15, 0.2) is 0 Å². The second-order valence-corrected chi connectivity index (χ2v) is 5.95. The Morgan fingerprint density at radius 2 is 2.41 bits per heavy atom. The van der Waals surface area contributed by atoms with Gasteiger partial charge in [-0.05, 0) is 32.4 Å². The molecule has 0 spiro atoms. The zero-order valence-electron chi connectivity index (χ0n) is 13.1. The third kappa shape index (κ3) is 3.23. The number of nitrogens with one attached hydrogen (secondary N) is 1. The monoisotopic (exact) mass is 305 g/mol. The molecule has 3 rings (SSSR count). The van der Waals surface area contributed by atoms with Gasteiger partial charge in [-0.2, -0.15) is 0 Å². The van der Waals surface area contributed by atoms with E-state index in [0.717, 1.165) is 26.1 Å². The van der Waals surface area contributed by atoms with Crippen LogP contribution in [0, 0.1) is 0 Å². The van der Waals surface area contributed by atoms with E-state index >= 15 is 0 Å². The van der Waals surface area contributed by atoms with Crippen molar-refractivity contribution >= 4 is 11.8 Å². The number of carbonyl (C=O) groups is 1. The summed E-state index contributed by atoms with van der Waals surface area (Å²) in [6.45, 7) is 6.98. The van der Waals surface area contributed by atoms with Crippen LogP contribution in [0.5, 0.6) is 0 Å². The molecule has 0 amide bonds. The van der Waals surface area contributed by atoms with E-state index in [0.29, 0.717) is 30.1 Å². The Hall–Kier alpha value is -1.66. The van der Waals surface area contributed by atoms with Gasteiger partial charge in [-0.15, -0.1) is 0 Å². The average molecular weight is 305 g/mol. The summed E-state index contributed by atoms with van der Waals surface area (Å²) in [6.07, 6.45) is 2.99. The fraction of sp³-hybridized carbons (Fsp3) is 0.625. The van der Waals surface area contributed by atoms with Crippen LogP contribution in [0.2, 0.25) is 0 Å². The minimum atomic E-state index is -0.328. The molecular weight excluding hydrogens is 282 g/mol. The molecular formula is C16H23N3O3. The molecule has 3 heterocycles. The summed E-state index contributed by atoms with van der Waals surface area (Å²) in [4.78, 5) is 18.8. The minimum absolute atomic E-state index is 0.280. The van der Waals surface area contributed by atoms with Crippen molar-refractivity contribution in [2.24, 2.45) is 0 Å². The van der Waals surface area contributed by atoms with Gasteiger partial charge in [-0.3, -0.25) is 4.90 Å². The molecule has 2 aliphatic heterocycles. The van der Waals surface area contributed by atoms with E-state index in [9.17, 15) is 4.79 Å². The molecule has 0 aromatic carbocycles. The van der Waals surface area contributed by atoms with Crippen LogP contribution in [-0.2, 0) is 9.47 Å². The normalized spacial score (nSPS) is 28.2. The molecule has 3 atom stereocenters. The molecule has 0 bridgehead atoms. The van der Waals surface area contributed by atoms with Crippen LogP contribution in [0.1, 0.15) is 30.6 Å². The van der Waals surface area contributed by atoms with Gasteiger partial charge in [0.1, 0.15) is 11.4 Å². The van der Waals surface area contributed by atoms with Gasteiger partial charge >= 0.3 is 5.97 Å². The first-order valence-corrected chi connectivity index (χ1v) is 7.91. The number of carbonyl (C=O) groups excluding carboxylic acids is 1. The lowest BCUT2D eigenvalue weighted by Crippen LogP contribution is -2.45. The Bertz CT molecular complexity index is 537. The second-order valence-electron chi connectivity index (χ2n) is 5.95. The number of anilines is 1. The molecule has 6 nitrogen and oxygen atoms in total. The van der Waals surface area contributed by atoms with Crippen molar-refractivity contribution in [2.75, 3.05) is 31.6 Å². The fourth-order valence-electron chi connectivity index (χ4n) is 3.23. The lowest BCUT2D eigenvalue weighted by molar-refractivity contribution is -0.0390. The molecule has 1 N–H and O–H groups in total. The number of aromatic nitrogens is 1. The molecule has 1 aromatic rings. The highest BCUT2D eigenvalue weighted by atomic mass is 16.5. The van der Waals surface area contributed by atoms with Crippen LogP contribution in [-0.4, -0.2) is 60.3 Å². The van der Waals surface area contributed by atoms with Gasteiger partial charge in [0.2, 0.25) is 0 Å². The molecule has 0 radical (unpaired) electrons. The second kappa shape index (κ2) is 6.62. The van der Waals surface area contributed by atoms with Crippen molar-refractivity contribution < 1.29 is 14.3 Å². The summed E-state index contributed by atoms with van der Waals surface area (Å²) in [6, 6.07) is 4.25. The molecule has 6 heteroatoms. The van der Waals surface area contributed by atoms with Crippen molar-refractivity contribution in [3.63, 3.8) is 0 Å². The number of morpholine rings is 1. The Morgan fingerprint density at radius 1 is 1.55 bits per heavy atom. The highest BCUT2D eigenvalue weighted by molar-refractivity contribution is 5.94. The first-order chi connectivity index (χ1) is 10.7. The highest BCUT2D eigenvalue weighted by Gasteiger charge is 2.36. The maximum absolute atomic E-state index is 12.0. The largest absolute Gasteiger partial charge is 0.462 e. The van der Waals surface area contributed by atoms with Crippen LogP contribution >= 0.6 is 0 Å². The van der Waals surface area contributed by atoms with Crippen molar-refractivity contribution in [2.45, 2.75) is 38.5 Å². The Kier molecular flexibility index (Phi) is 4.59. The zero-order valence-corrected chi connectivity index (χ0v) is 13.1. The standard InChI is InChI=1S/C16H23N3O3/c1-3-21-16(20)14-5-4-6-17-15(14)18-12-7-13-10-22-11(2)8-19(13)9-12/h4-6,11-13H,3,7-10H2,1-2H3,(H,17,18)/t11-,12+,13-/m0/s1. The first-order valence-electron chi connectivity index (χ1n) is 7.91. The SMILES string of the molecule is CCOC(=O)c1cccnc1N[C@@H]1C[C@H]2CO[C@@H](C)CN2C1. The molecule has 2 fully saturated rings. The molecule has 1 aromatic heterocycles. The topological polar surface area (TPSA) is 63.7 Å². The fourth-order valence-corrected chi connectivity index (χ4v) is 3.23.